The topological polar surface area (TPSA) is 89.9 Å². The number of aromatic nitrogens is 1. The highest BCUT2D eigenvalue weighted by molar-refractivity contribution is 5.97. The van der Waals surface area contributed by atoms with Crippen molar-refractivity contribution in [2.24, 2.45) is 0 Å². The molecule has 2 rings (SSSR count). The molecule has 1 unspecified atom stereocenters. The van der Waals surface area contributed by atoms with E-state index >= 15 is 0 Å². The molecule has 0 aliphatic carbocycles. The first-order valence-corrected chi connectivity index (χ1v) is 8.65. The molecule has 1 aromatic heterocycles. The van der Waals surface area contributed by atoms with Gasteiger partial charge in [-0.2, -0.15) is 0 Å². The maximum Gasteiger partial charge on any atom is 0.251 e. The third-order valence-corrected chi connectivity index (χ3v) is 4.47. The van der Waals surface area contributed by atoms with Gasteiger partial charge < -0.3 is 24.6 Å². The fraction of sp³-hybridized carbons (Fsp3) is 0.400. The van der Waals surface area contributed by atoms with Crippen molar-refractivity contribution in [3.63, 3.8) is 0 Å². The Morgan fingerprint density at radius 2 is 1.96 bits per heavy atom. The number of nitrogens with zero attached hydrogens (tertiary/aromatic N) is 1. The van der Waals surface area contributed by atoms with E-state index in [1.807, 2.05) is 12.1 Å². The normalized spacial score (nSPS) is 11.6. The van der Waals surface area contributed by atoms with Crippen molar-refractivity contribution in [1.29, 1.82) is 0 Å². The number of hydrogen-bond donors (Lipinski definition) is 2. The molecule has 2 N–H and O–H groups in total. The quantitative estimate of drug-likeness (QED) is 0.700. The minimum absolute atomic E-state index is 0.0264. The van der Waals surface area contributed by atoms with Crippen LogP contribution in [-0.2, 0) is 0 Å². The van der Waals surface area contributed by atoms with E-state index in [9.17, 15) is 9.90 Å². The van der Waals surface area contributed by atoms with E-state index < -0.39 is 0 Å². The Morgan fingerprint density at radius 3 is 2.52 bits per heavy atom. The second kappa shape index (κ2) is 9.78. The average Bonchev–Trinajstić information content (AvgIpc) is 2.70. The number of nitrogens with one attached hydrogen (secondary N) is 1. The van der Waals surface area contributed by atoms with E-state index in [2.05, 4.69) is 10.3 Å². The molecule has 0 fully saturated rings. The van der Waals surface area contributed by atoms with E-state index in [1.165, 1.54) is 21.3 Å². The first-order chi connectivity index (χ1) is 13.1. The molecule has 0 aliphatic heterocycles. The van der Waals surface area contributed by atoms with Gasteiger partial charge >= 0.3 is 0 Å². The lowest BCUT2D eigenvalue weighted by molar-refractivity contribution is 0.0947. The summed E-state index contributed by atoms with van der Waals surface area (Å²) in [4.78, 5) is 16.9. The van der Waals surface area contributed by atoms with Crippen LogP contribution in [0.1, 0.15) is 33.8 Å². The summed E-state index contributed by atoms with van der Waals surface area (Å²) in [5, 5.41) is 12.3. The van der Waals surface area contributed by atoms with Crippen molar-refractivity contribution < 1.29 is 24.1 Å². The largest absolute Gasteiger partial charge is 0.493 e. The summed E-state index contributed by atoms with van der Waals surface area (Å²) >= 11 is 0. The highest BCUT2D eigenvalue weighted by Crippen LogP contribution is 2.41. The van der Waals surface area contributed by atoms with Crippen LogP contribution in [0.15, 0.2) is 30.6 Å². The van der Waals surface area contributed by atoms with Gasteiger partial charge in [0, 0.05) is 42.6 Å². The summed E-state index contributed by atoms with van der Waals surface area (Å²) in [5.41, 5.74) is 2.07. The van der Waals surface area contributed by atoms with Crippen LogP contribution in [0.2, 0.25) is 0 Å². The van der Waals surface area contributed by atoms with Crippen molar-refractivity contribution in [3.05, 3.63) is 47.3 Å². The number of aliphatic hydroxyl groups is 1. The molecule has 1 heterocycles. The lowest BCUT2D eigenvalue weighted by atomic mass is 9.97. The molecule has 146 valence electrons. The third-order valence-electron chi connectivity index (χ3n) is 4.47. The number of rotatable bonds is 9. The molecule has 0 aliphatic rings. The van der Waals surface area contributed by atoms with Gasteiger partial charge in [-0.3, -0.25) is 9.78 Å². The van der Waals surface area contributed by atoms with Crippen LogP contribution in [0.25, 0.3) is 0 Å². The Balaban J connectivity index is 2.24. The number of pyridine rings is 1. The van der Waals surface area contributed by atoms with Gasteiger partial charge in [0.05, 0.1) is 21.3 Å². The maximum atomic E-state index is 12.8. The van der Waals surface area contributed by atoms with Gasteiger partial charge in [-0.15, -0.1) is 0 Å². The molecule has 27 heavy (non-hydrogen) atoms. The number of ether oxygens (including phenoxy) is 3. The molecule has 0 bridgehead atoms. The molecule has 0 saturated carbocycles. The molecule has 2 aromatic rings. The summed E-state index contributed by atoms with van der Waals surface area (Å²) in [6.45, 7) is 2.20. The summed E-state index contributed by atoms with van der Waals surface area (Å²) in [7, 11) is 4.55. The van der Waals surface area contributed by atoms with Crippen molar-refractivity contribution in [3.8, 4) is 17.2 Å². The Labute approximate surface area is 159 Å². The van der Waals surface area contributed by atoms with Crippen LogP contribution in [0.3, 0.4) is 0 Å². The zero-order valence-corrected chi connectivity index (χ0v) is 16.1. The summed E-state index contributed by atoms with van der Waals surface area (Å²) in [6.07, 6.45) is 3.97. The Hall–Kier alpha value is -2.80. The summed E-state index contributed by atoms with van der Waals surface area (Å²) < 4.78 is 16.1. The standard InChI is InChI=1S/C20H26N2O5/c1-13-16(10-17(25-2)19(27-4)18(13)26-3)20(24)22-12-15(7-9-23)14-6-5-8-21-11-14/h5-6,8,10-11,15,23H,7,9,12H2,1-4H3,(H,22,24). The summed E-state index contributed by atoms with van der Waals surface area (Å²) in [5.74, 6) is 1.04. The molecule has 0 saturated heterocycles. The summed E-state index contributed by atoms with van der Waals surface area (Å²) in [6, 6.07) is 5.41. The Morgan fingerprint density at radius 1 is 1.22 bits per heavy atom. The Bertz CT molecular complexity index is 765. The van der Waals surface area contributed by atoms with Gasteiger partial charge in [0.15, 0.2) is 11.5 Å². The second-order valence-corrected chi connectivity index (χ2v) is 6.02. The molecule has 1 amide bonds. The number of methoxy groups -OCH3 is 3. The molecule has 1 atom stereocenters. The van der Waals surface area contributed by atoms with Crippen LogP contribution >= 0.6 is 0 Å². The number of aliphatic hydroxyl groups excluding tert-OH is 1. The van der Waals surface area contributed by atoms with E-state index in [1.54, 1.807) is 25.4 Å². The highest BCUT2D eigenvalue weighted by atomic mass is 16.5. The molecule has 0 radical (unpaired) electrons. The number of amides is 1. The maximum absolute atomic E-state index is 12.8. The fourth-order valence-corrected chi connectivity index (χ4v) is 3.01. The molecule has 0 spiro atoms. The molecular weight excluding hydrogens is 348 g/mol. The smallest absolute Gasteiger partial charge is 0.251 e. The first-order valence-electron chi connectivity index (χ1n) is 8.65. The number of carbonyl (C=O) groups is 1. The number of hydrogen-bond acceptors (Lipinski definition) is 6. The molecule has 7 heteroatoms. The average molecular weight is 374 g/mol. The minimum atomic E-state index is -0.251. The van der Waals surface area contributed by atoms with E-state index in [0.29, 0.717) is 41.3 Å². The molecule has 1 aromatic carbocycles. The molecular formula is C20H26N2O5. The number of carbonyl (C=O) groups excluding carboxylic acids is 1. The van der Waals surface area contributed by atoms with Crippen LogP contribution in [-0.4, -0.2) is 50.5 Å². The van der Waals surface area contributed by atoms with Gasteiger partial charge in [0.2, 0.25) is 5.75 Å². The predicted molar refractivity (Wildman–Crippen MR) is 102 cm³/mol. The lowest BCUT2D eigenvalue weighted by Gasteiger charge is -2.19. The lowest BCUT2D eigenvalue weighted by Crippen LogP contribution is -2.29. The van der Waals surface area contributed by atoms with Gasteiger partial charge in [0.1, 0.15) is 0 Å². The van der Waals surface area contributed by atoms with Crippen molar-refractivity contribution in [1.82, 2.24) is 10.3 Å². The zero-order valence-electron chi connectivity index (χ0n) is 16.1. The van der Waals surface area contributed by atoms with Crippen molar-refractivity contribution in [2.45, 2.75) is 19.3 Å². The van der Waals surface area contributed by atoms with Crippen LogP contribution < -0.4 is 19.5 Å². The fourth-order valence-electron chi connectivity index (χ4n) is 3.01. The zero-order chi connectivity index (χ0) is 19.8. The Kier molecular flexibility index (Phi) is 7.43. The molecule has 7 nitrogen and oxygen atoms in total. The van der Waals surface area contributed by atoms with E-state index in [4.69, 9.17) is 14.2 Å². The van der Waals surface area contributed by atoms with Crippen molar-refractivity contribution in [2.75, 3.05) is 34.5 Å². The van der Waals surface area contributed by atoms with Gasteiger partial charge in [0.25, 0.3) is 5.91 Å². The van der Waals surface area contributed by atoms with Crippen molar-refractivity contribution >= 4 is 5.91 Å². The van der Waals surface area contributed by atoms with Crippen LogP contribution in [0, 0.1) is 6.92 Å². The number of benzene rings is 1. The third kappa shape index (κ3) is 4.68. The van der Waals surface area contributed by atoms with Gasteiger partial charge in [-0.05, 0) is 31.0 Å². The monoisotopic (exact) mass is 374 g/mol. The van der Waals surface area contributed by atoms with Gasteiger partial charge in [-0.25, -0.2) is 0 Å². The van der Waals surface area contributed by atoms with Crippen LogP contribution in [0.5, 0.6) is 17.2 Å². The van der Waals surface area contributed by atoms with E-state index in [0.717, 1.165) is 5.56 Å². The van der Waals surface area contributed by atoms with Crippen LogP contribution in [0.4, 0.5) is 0 Å². The SMILES string of the molecule is COc1cc(C(=O)NCC(CCO)c2cccnc2)c(C)c(OC)c1OC. The second-order valence-electron chi connectivity index (χ2n) is 6.02. The highest BCUT2D eigenvalue weighted by Gasteiger charge is 2.22. The van der Waals surface area contributed by atoms with E-state index in [-0.39, 0.29) is 18.4 Å². The minimum Gasteiger partial charge on any atom is -0.493 e. The first kappa shape index (κ1) is 20.5. The van der Waals surface area contributed by atoms with Gasteiger partial charge in [-0.1, -0.05) is 6.07 Å². The predicted octanol–water partition coefficient (Wildman–Crippen LogP) is 2.31.